The summed E-state index contributed by atoms with van der Waals surface area (Å²) in [4.78, 5) is 11.4. The number of amides is 1. The summed E-state index contributed by atoms with van der Waals surface area (Å²) in [5.41, 5.74) is 3.30. The number of rotatable bonds is 2. The topological polar surface area (TPSA) is 50.7 Å². The molecule has 0 spiro atoms. The number of ether oxygens (including phenoxy) is 1. The lowest BCUT2D eigenvalue weighted by Gasteiger charge is -2.18. The minimum absolute atomic E-state index is 0.538. The molecule has 0 aromatic heterocycles. The van der Waals surface area contributed by atoms with E-state index in [1.165, 1.54) is 0 Å². The van der Waals surface area contributed by atoms with Crippen LogP contribution in [0.4, 0.5) is 4.79 Å². The van der Waals surface area contributed by atoms with Crippen LogP contribution in [-0.4, -0.2) is 17.4 Å². The molecule has 1 aromatic carbocycles. The molecule has 0 aliphatic rings. The normalized spacial score (nSPS) is 12.2. The van der Waals surface area contributed by atoms with Gasteiger partial charge in [0.15, 0.2) is 0 Å². The van der Waals surface area contributed by atoms with Crippen molar-refractivity contribution in [3.8, 4) is 0 Å². The molecule has 5 heteroatoms. The molecule has 1 amide bonds. The number of benzene rings is 1. The van der Waals surface area contributed by atoms with Crippen molar-refractivity contribution in [1.82, 2.24) is 5.43 Å². The van der Waals surface area contributed by atoms with Gasteiger partial charge in [-0.2, -0.15) is 5.10 Å². The van der Waals surface area contributed by atoms with Gasteiger partial charge in [0.2, 0.25) is 0 Å². The van der Waals surface area contributed by atoms with Crippen molar-refractivity contribution >= 4 is 23.4 Å². The number of carbonyl (C=O) groups excluding carboxylic acids is 1. The molecule has 0 atom stereocenters. The minimum atomic E-state index is -0.580. The zero-order valence-corrected chi connectivity index (χ0v) is 11.7. The number of carbonyl (C=O) groups is 1. The number of hydrazone groups is 1. The Labute approximate surface area is 112 Å². The monoisotopic (exact) mass is 268 g/mol. The number of halogens is 1. The molecule has 1 N–H and O–H groups in total. The third-order valence-electron chi connectivity index (χ3n) is 1.96. The molecule has 0 saturated carbocycles. The summed E-state index contributed by atoms with van der Waals surface area (Å²) in [5.74, 6) is 0. The van der Waals surface area contributed by atoms with E-state index in [9.17, 15) is 4.79 Å². The van der Waals surface area contributed by atoms with Crippen LogP contribution < -0.4 is 5.43 Å². The van der Waals surface area contributed by atoms with Crippen molar-refractivity contribution in [3.63, 3.8) is 0 Å². The molecule has 0 aliphatic carbocycles. The van der Waals surface area contributed by atoms with Gasteiger partial charge in [0.1, 0.15) is 5.60 Å². The summed E-state index contributed by atoms with van der Waals surface area (Å²) in [5, 5.41) is 4.58. The largest absolute Gasteiger partial charge is 0.443 e. The number of hydrogen-bond acceptors (Lipinski definition) is 3. The fraction of sp³-hybridized carbons (Fsp3) is 0.385. The SMILES string of the molecule is C/C(=N\NC(=O)OC(C)(C)C)c1cccc(Cl)c1. The van der Waals surface area contributed by atoms with Gasteiger partial charge in [-0.3, -0.25) is 0 Å². The summed E-state index contributed by atoms with van der Waals surface area (Å²) in [6.45, 7) is 7.16. The highest BCUT2D eigenvalue weighted by Gasteiger charge is 2.15. The van der Waals surface area contributed by atoms with Gasteiger partial charge in [-0.1, -0.05) is 23.7 Å². The minimum Gasteiger partial charge on any atom is -0.443 e. The third-order valence-corrected chi connectivity index (χ3v) is 2.19. The summed E-state index contributed by atoms with van der Waals surface area (Å²) < 4.78 is 5.06. The van der Waals surface area contributed by atoms with Crippen molar-refractivity contribution in [3.05, 3.63) is 34.9 Å². The number of nitrogens with one attached hydrogen (secondary N) is 1. The van der Waals surface area contributed by atoms with Crippen molar-refractivity contribution in [2.75, 3.05) is 0 Å². The Balaban J connectivity index is 2.65. The van der Waals surface area contributed by atoms with Gasteiger partial charge in [-0.25, -0.2) is 10.2 Å². The first kappa shape index (κ1) is 14.5. The molecule has 0 aliphatic heterocycles. The van der Waals surface area contributed by atoms with Crippen LogP contribution >= 0.6 is 11.6 Å². The lowest BCUT2D eigenvalue weighted by atomic mass is 10.1. The van der Waals surface area contributed by atoms with E-state index in [-0.39, 0.29) is 0 Å². The van der Waals surface area contributed by atoms with Crippen LogP contribution in [0.5, 0.6) is 0 Å². The molecule has 0 fully saturated rings. The van der Waals surface area contributed by atoms with Gasteiger partial charge >= 0.3 is 6.09 Å². The van der Waals surface area contributed by atoms with Gasteiger partial charge < -0.3 is 4.74 Å². The Morgan fingerprint density at radius 1 is 1.39 bits per heavy atom. The average Bonchev–Trinajstić information content (AvgIpc) is 2.23. The standard InChI is InChI=1S/C13H17ClN2O2/c1-9(10-6-5-7-11(14)8-10)15-16-12(17)18-13(2,3)4/h5-8H,1-4H3,(H,16,17)/b15-9+. The van der Waals surface area contributed by atoms with Crippen LogP contribution in [0.1, 0.15) is 33.3 Å². The Morgan fingerprint density at radius 3 is 2.61 bits per heavy atom. The first-order chi connectivity index (χ1) is 8.28. The van der Waals surface area contributed by atoms with Gasteiger partial charge in [-0.05, 0) is 45.4 Å². The smallest absolute Gasteiger partial charge is 0.428 e. The van der Waals surface area contributed by atoms with E-state index in [2.05, 4.69) is 10.5 Å². The molecule has 4 nitrogen and oxygen atoms in total. The van der Waals surface area contributed by atoms with Crippen molar-refractivity contribution in [1.29, 1.82) is 0 Å². The predicted octanol–water partition coefficient (Wildman–Crippen LogP) is 3.59. The Bertz CT molecular complexity index is 464. The molecular formula is C13H17ClN2O2. The van der Waals surface area contributed by atoms with Gasteiger partial charge in [0, 0.05) is 5.02 Å². The van der Waals surface area contributed by atoms with Gasteiger partial charge in [0.25, 0.3) is 0 Å². The molecule has 18 heavy (non-hydrogen) atoms. The Hall–Kier alpha value is -1.55. The maximum atomic E-state index is 11.4. The quantitative estimate of drug-likeness (QED) is 0.658. The van der Waals surface area contributed by atoms with Crippen LogP contribution in [0, 0.1) is 0 Å². The van der Waals surface area contributed by atoms with Crippen molar-refractivity contribution < 1.29 is 9.53 Å². The average molecular weight is 269 g/mol. The molecule has 1 rings (SSSR count). The Morgan fingerprint density at radius 2 is 2.06 bits per heavy atom. The molecule has 0 saturated heterocycles. The summed E-state index contributed by atoms with van der Waals surface area (Å²) in [7, 11) is 0. The summed E-state index contributed by atoms with van der Waals surface area (Å²) in [6.07, 6.45) is -0.580. The summed E-state index contributed by atoms with van der Waals surface area (Å²) in [6, 6.07) is 7.24. The second kappa shape index (κ2) is 5.87. The van der Waals surface area contributed by atoms with E-state index in [0.29, 0.717) is 10.7 Å². The van der Waals surface area contributed by atoms with Crippen LogP contribution in [0.2, 0.25) is 5.02 Å². The molecule has 98 valence electrons. The van der Waals surface area contributed by atoms with Crippen molar-refractivity contribution in [2.45, 2.75) is 33.3 Å². The van der Waals surface area contributed by atoms with Crippen LogP contribution in [0.15, 0.2) is 29.4 Å². The maximum Gasteiger partial charge on any atom is 0.428 e. The van der Waals surface area contributed by atoms with Crippen molar-refractivity contribution in [2.24, 2.45) is 5.10 Å². The maximum absolute atomic E-state index is 11.4. The molecule has 0 unspecified atom stereocenters. The lowest BCUT2D eigenvalue weighted by Crippen LogP contribution is -2.30. The van der Waals surface area contributed by atoms with Gasteiger partial charge in [-0.15, -0.1) is 0 Å². The number of hydrogen-bond donors (Lipinski definition) is 1. The van der Waals surface area contributed by atoms with E-state index >= 15 is 0 Å². The molecule has 1 aromatic rings. The fourth-order valence-electron chi connectivity index (χ4n) is 1.21. The number of nitrogens with zero attached hydrogens (tertiary/aromatic N) is 1. The highest BCUT2D eigenvalue weighted by molar-refractivity contribution is 6.31. The highest BCUT2D eigenvalue weighted by atomic mass is 35.5. The molecular weight excluding hydrogens is 252 g/mol. The molecule has 0 heterocycles. The fourth-order valence-corrected chi connectivity index (χ4v) is 1.40. The van der Waals surface area contributed by atoms with Crippen LogP contribution in [-0.2, 0) is 4.74 Å². The Kier molecular flexibility index (Phi) is 4.73. The second-order valence-electron chi connectivity index (χ2n) is 4.82. The first-order valence-corrected chi connectivity index (χ1v) is 5.95. The highest BCUT2D eigenvalue weighted by Crippen LogP contribution is 2.11. The van der Waals surface area contributed by atoms with E-state index in [0.717, 1.165) is 5.56 Å². The summed E-state index contributed by atoms with van der Waals surface area (Å²) >= 11 is 5.87. The first-order valence-electron chi connectivity index (χ1n) is 5.57. The predicted molar refractivity (Wildman–Crippen MR) is 73.0 cm³/mol. The van der Waals surface area contributed by atoms with Gasteiger partial charge in [0.05, 0.1) is 5.71 Å². The second-order valence-corrected chi connectivity index (χ2v) is 5.26. The van der Waals surface area contributed by atoms with Crippen LogP contribution in [0.3, 0.4) is 0 Å². The lowest BCUT2D eigenvalue weighted by molar-refractivity contribution is 0.0529. The van der Waals surface area contributed by atoms with E-state index in [1.54, 1.807) is 39.8 Å². The molecule has 0 radical (unpaired) electrons. The third kappa shape index (κ3) is 5.19. The van der Waals surface area contributed by atoms with E-state index < -0.39 is 11.7 Å². The van der Waals surface area contributed by atoms with E-state index in [1.807, 2.05) is 12.1 Å². The zero-order chi connectivity index (χ0) is 13.8. The molecule has 0 bridgehead atoms. The van der Waals surface area contributed by atoms with E-state index in [4.69, 9.17) is 16.3 Å². The zero-order valence-electron chi connectivity index (χ0n) is 11.0. The van der Waals surface area contributed by atoms with Crippen LogP contribution in [0.25, 0.3) is 0 Å².